The van der Waals surface area contributed by atoms with Crippen LogP contribution in [0.1, 0.15) is 26.3 Å². The minimum atomic E-state index is 0.0475. The number of nitrogens with zero attached hydrogens (tertiary/aromatic N) is 3. The van der Waals surface area contributed by atoms with Crippen LogP contribution in [0.25, 0.3) is 0 Å². The molecule has 0 unspecified atom stereocenters. The van der Waals surface area contributed by atoms with Crippen LogP contribution in [-0.4, -0.2) is 24.1 Å². The van der Waals surface area contributed by atoms with Gasteiger partial charge in [0.2, 0.25) is 5.95 Å². The zero-order chi connectivity index (χ0) is 19.4. The van der Waals surface area contributed by atoms with Crippen LogP contribution in [0, 0.1) is 0 Å². The molecule has 140 valence electrons. The van der Waals surface area contributed by atoms with Crippen LogP contribution < -0.4 is 15.5 Å². The first kappa shape index (κ1) is 18.7. The standard InChI is InChI=1S/C22H27N5/c1-22(2,3)18-8-6-7-9-19(18)25-20-14-15-23-21(26-20)24-16-10-12-17(13-11-16)27(4)5/h6-15H,1-5H3,(H2,23,24,25,26). The van der Waals surface area contributed by atoms with Crippen LogP contribution in [-0.2, 0) is 5.41 Å². The van der Waals surface area contributed by atoms with Crippen LogP contribution in [0.5, 0.6) is 0 Å². The summed E-state index contributed by atoms with van der Waals surface area (Å²) in [6.07, 6.45) is 1.76. The van der Waals surface area contributed by atoms with E-state index in [9.17, 15) is 0 Å². The average molecular weight is 361 g/mol. The van der Waals surface area contributed by atoms with E-state index in [0.29, 0.717) is 5.95 Å². The molecule has 2 aromatic carbocycles. The van der Waals surface area contributed by atoms with Crippen LogP contribution in [0.2, 0.25) is 0 Å². The number of aromatic nitrogens is 2. The maximum absolute atomic E-state index is 4.60. The fraction of sp³-hybridized carbons (Fsp3) is 0.273. The lowest BCUT2D eigenvalue weighted by molar-refractivity contribution is 0.592. The Balaban J connectivity index is 1.79. The molecule has 0 saturated carbocycles. The van der Waals surface area contributed by atoms with E-state index in [0.717, 1.165) is 22.9 Å². The van der Waals surface area contributed by atoms with Crippen molar-refractivity contribution < 1.29 is 0 Å². The van der Waals surface area contributed by atoms with Gasteiger partial charge in [0.05, 0.1) is 0 Å². The lowest BCUT2D eigenvalue weighted by Gasteiger charge is -2.23. The summed E-state index contributed by atoms with van der Waals surface area (Å²) in [6.45, 7) is 6.62. The normalized spacial score (nSPS) is 11.1. The van der Waals surface area contributed by atoms with Crippen LogP contribution in [0.3, 0.4) is 0 Å². The Morgan fingerprint density at radius 3 is 2.22 bits per heavy atom. The lowest BCUT2D eigenvalue weighted by Crippen LogP contribution is -2.13. The molecule has 27 heavy (non-hydrogen) atoms. The first-order valence-corrected chi connectivity index (χ1v) is 9.07. The zero-order valence-electron chi connectivity index (χ0n) is 16.6. The summed E-state index contributed by atoms with van der Waals surface area (Å²) in [5.41, 5.74) is 4.46. The highest BCUT2D eigenvalue weighted by molar-refractivity contribution is 5.64. The van der Waals surface area contributed by atoms with Gasteiger partial charge in [-0.3, -0.25) is 0 Å². The Morgan fingerprint density at radius 1 is 0.852 bits per heavy atom. The third kappa shape index (κ3) is 4.76. The molecule has 5 heteroatoms. The topological polar surface area (TPSA) is 53.1 Å². The average Bonchev–Trinajstić information content (AvgIpc) is 2.62. The van der Waals surface area contributed by atoms with E-state index in [4.69, 9.17) is 0 Å². The van der Waals surface area contributed by atoms with Crippen molar-refractivity contribution in [2.24, 2.45) is 0 Å². The molecule has 5 nitrogen and oxygen atoms in total. The highest BCUT2D eigenvalue weighted by atomic mass is 15.1. The maximum Gasteiger partial charge on any atom is 0.229 e. The predicted molar refractivity (Wildman–Crippen MR) is 115 cm³/mol. The molecular formula is C22H27N5. The van der Waals surface area contributed by atoms with Crippen molar-refractivity contribution in [3.05, 3.63) is 66.4 Å². The van der Waals surface area contributed by atoms with Crippen molar-refractivity contribution in [3.63, 3.8) is 0 Å². The molecule has 0 aliphatic heterocycles. The first-order chi connectivity index (χ1) is 12.8. The van der Waals surface area contributed by atoms with Crippen molar-refractivity contribution in [1.82, 2.24) is 9.97 Å². The first-order valence-electron chi connectivity index (χ1n) is 9.07. The predicted octanol–water partition coefficient (Wildman–Crippen LogP) is 5.33. The van der Waals surface area contributed by atoms with Gasteiger partial charge in [0, 0.05) is 37.4 Å². The highest BCUT2D eigenvalue weighted by Crippen LogP contribution is 2.31. The van der Waals surface area contributed by atoms with Crippen molar-refractivity contribution in [2.45, 2.75) is 26.2 Å². The lowest BCUT2D eigenvalue weighted by atomic mass is 9.86. The molecule has 0 aliphatic carbocycles. The Labute approximate surface area is 161 Å². The van der Waals surface area contributed by atoms with Gasteiger partial charge in [0.1, 0.15) is 5.82 Å². The van der Waals surface area contributed by atoms with Gasteiger partial charge in [0.15, 0.2) is 0 Å². The van der Waals surface area contributed by atoms with Crippen molar-refractivity contribution in [1.29, 1.82) is 0 Å². The second kappa shape index (κ2) is 7.66. The Kier molecular flexibility index (Phi) is 5.31. The van der Waals surface area contributed by atoms with Gasteiger partial charge in [-0.15, -0.1) is 0 Å². The van der Waals surface area contributed by atoms with Crippen LogP contribution in [0.15, 0.2) is 60.8 Å². The molecule has 2 N–H and O–H groups in total. The molecule has 0 atom stereocenters. The maximum atomic E-state index is 4.60. The summed E-state index contributed by atoms with van der Waals surface area (Å²) in [5.74, 6) is 1.32. The van der Waals surface area contributed by atoms with E-state index in [2.05, 4.69) is 76.6 Å². The van der Waals surface area contributed by atoms with Gasteiger partial charge < -0.3 is 15.5 Å². The monoisotopic (exact) mass is 361 g/mol. The molecule has 0 aliphatic rings. The third-order valence-corrected chi connectivity index (χ3v) is 4.29. The number of nitrogens with one attached hydrogen (secondary N) is 2. The van der Waals surface area contributed by atoms with Gasteiger partial charge in [-0.05, 0) is 47.4 Å². The van der Waals surface area contributed by atoms with Gasteiger partial charge in [0.25, 0.3) is 0 Å². The van der Waals surface area contributed by atoms with E-state index in [1.807, 2.05) is 38.4 Å². The van der Waals surface area contributed by atoms with Gasteiger partial charge in [-0.25, -0.2) is 4.98 Å². The second-order valence-corrected chi connectivity index (χ2v) is 7.75. The fourth-order valence-corrected chi connectivity index (χ4v) is 2.84. The summed E-state index contributed by atoms with van der Waals surface area (Å²) < 4.78 is 0. The SMILES string of the molecule is CN(C)c1ccc(Nc2nccc(Nc3ccccc3C(C)(C)C)n2)cc1. The Bertz CT molecular complexity index is 895. The fourth-order valence-electron chi connectivity index (χ4n) is 2.84. The molecule has 0 bridgehead atoms. The van der Waals surface area contributed by atoms with E-state index in [-0.39, 0.29) is 5.41 Å². The molecule has 0 fully saturated rings. The number of benzene rings is 2. The molecule has 3 rings (SSSR count). The number of rotatable bonds is 5. The van der Waals surface area contributed by atoms with Crippen molar-refractivity contribution in [2.75, 3.05) is 29.6 Å². The summed E-state index contributed by atoms with van der Waals surface area (Å²) in [7, 11) is 4.05. The second-order valence-electron chi connectivity index (χ2n) is 7.75. The van der Waals surface area contributed by atoms with E-state index >= 15 is 0 Å². The molecule has 3 aromatic rings. The molecule has 0 radical (unpaired) electrons. The number of anilines is 5. The Morgan fingerprint density at radius 2 is 1.56 bits per heavy atom. The van der Waals surface area contributed by atoms with Gasteiger partial charge >= 0.3 is 0 Å². The summed E-state index contributed by atoms with van der Waals surface area (Å²) in [5, 5.41) is 6.69. The Hall–Kier alpha value is -3.08. The quantitative estimate of drug-likeness (QED) is 0.643. The molecule has 1 heterocycles. The molecular weight excluding hydrogens is 334 g/mol. The van der Waals surface area contributed by atoms with E-state index < -0.39 is 0 Å². The largest absolute Gasteiger partial charge is 0.378 e. The van der Waals surface area contributed by atoms with E-state index in [1.54, 1.807) is 6.20 Å². The molecule has 1 aromatic heterocycles. The van der Waals surface area contributed by atoms with Gasteiger partial charge in [-0.2, -0.15) is 4.98 Å². The number of hydrogen-bond acceptors (Lipinski definition) is 5. The number of hydrogen-bond donors (Lipinski definition) is 2. The van der Waals surface area contributed by atoms with E-state index in [1.165, 1.54) is 5.56 Å². The summed E-state index contributed by atoms with van der Waals surface area (Å²) >= 11 is 0. The van der Waals surface area contributed by atoms with Crippen LogP contribution in [0.4, 0.5) is 28.8 Å². The summed E-state index contributed by atoms with van der Waals surface area (Å²) in [4.78, 5) is 11.0. The summed E-state index contributed by atoms with van der Waals surface area (Å²) in [6, 6.07) is 18.4. The van der Waals surface area contributed by atoms with Crippen molar-refractivity contribution >= 4 is 28.8 Å². The minimum absolute atomic E-state index is 0.0475. The molecule has 0 amide bonds. The number of para-hydroxylation sites is 1. The molecule has 0 spiro atoms. The molecule has 0 saturated heterocycles. The van der Waals surface area contributed by atoms with Gasteiger partial charge in [-0.1, -0.05) is 39.0 Å². The zero-order valence-corrected chi connectivity index (χ0v) is 16.6. The van der Waals surface area contributed by atoms with Crippen LogP contribution >= 0.6 is 0 Å². The van der Waals surface area contributed by atoms with Crippen molar-refractivity contribution in [3.8, 4) is 0 Å². The third-order valence-electron chi connectivity index (χ3n) is 4.29. The minimum Gasteiger partial charge on any atom is -0.378 e. The smallest absolute Gasteiger partial charge is 0.229 e. The highest BCUT2D eigenvalue weighted by Gasteiger charge is 2.17.